The van der Waals surface area contributed by atoms with Crippen LogP contribution in [0.25, 0.3) is 0 Å². The zero-order chi connectivity index (χ0) is 91.8. The van der Waals surface area contributed by atoms with Crippen LogP contribution in [0.5, 0.6) is 17.2 Å². The Balaban J connectivity index is -0.000000130. The minimum absolute atomic E-state index is 0. The quantitative estimate of drug-likeness (QED) is 0.0344. The van der Waals surface area contributed by atoms with Gasteiger partial charge in [-0.05, 0) is 375 Å². The third-order valence-electron chi connectivity index (χ3n) is 28.0. The monoisotopic (exact) mass is 1920 g/mol. The molecular formula is C124H226O13. The number of carbonyl (C=O) groups excluding carboxylic acids is 5. The first-order valence-corrected chi connectivity index (χ1v) is 46.8. The average Bonchev–Trinajstić information content (AvgIpc) is 1.02. The van der Waals surface area contributed by atoms with E-state index in [-0.39, 0.29) is 187 Å². The summed E-state index contributed by atoms with van der Waals surface area (Å²) in [6, 6.07) is 46.7. The van der Waals surface area contributed by atoms with Gasteiger partial charge in [0.2, 0.25) is 0 Å². The third kappa shape index (κ3) is 48.4. The van der Waals surface area contributed by atoms with Crippen LogP contribution in [-0.4, -0.2) is 56.4 Å². The van der Waals surface area contributed by atoms with Crippen LogP contribution in [0, 0.1) is 57.2 Å². The molecule has 0 radical (unpaired) electrons. The molecule has 13 heteroatoms. The number of hydrogen-bond acceptors (Lipinski definition) is 13. The van der Waals surface area contributed by atoms with E-state index in [0.29, 0.717) is 35.0 Å². The Kier molecular flexibility index (Phi) is 80.6. The van der Waals surface area contributed by atoms with Crippen molar-refractivity contribution >= 4 is 29.8 Å². The molecule has 800 valence electrons. The van der Waals surface area contributed by atoms with E-state index >= 15 is 0 Å². The van der Waals surface area contributed by atoms with Gasteiger partial charge in [-0.3, -0.25) is 24.0 Å². The number of phenols is 3. The summed E-state index contributed by atoms with van der Waals surface area (Å²) in [4.78, 5) is 60.5. The van der Waals surface area contributed by atoms with Gasteiger partial charge in [0.05, 0.1) is 27.1 Å². The average molecular weight is 1930 g/mol. The molecule has 6 aromatic rings. The Labute approximate surface area is 851 Å². The standard InChI is InChI=1S/C19H32O2.C18H26O2.C15H22O2.C14H20O2.C13H24O2.3C10H14O.15CH4/c1-6-17(2,3)16(20)21-18(4,5)19-10-13-7-14(11-19)9-15(8-13)12-19;1-5-18(3,4)17(19)20-13(2)15-11-10-14-8-6-7-9-16(14)12-15;1-6-15(4,5)14(16)17-12(3)13-9-7-11(2)8-10-13;1-5-14(3,4)13(15)16-11(2)12-9-7-6-8-10-12;1-5-12(3,4)11(14)15-13(6-2)9-7-8-10-13;3*1-3-8(2)9-4-6-10(11)7-5-9;;;;;;;;;;;;;;;/h13-15H,6-12H2,1-5H3;10-13H,5-9H2,1-4H3;7-10,12H,6H2,1-5H3;6-11H,5H2,1-4H3;5-10H2,1-4H3;3*4-8,11H,3H2,1-2H3;15*1H4. The fraction of sp³-hybridized carbons (Fsp3) is 0.669. The second kappa shape index (κ2) is 71.5. The summed E-state index contributed by atoms with van der Waals surface area (Å²) in [6.45, 7) is 56.9. The maximum atomic E-state index is 12.6. The molecule has 0 heterocycles. The molecule has 6 aromatic carbocycles. The van der Waals surface area contributed by atoms with E-state index < -0.39 is 16.2 Å². The van der Waals surface area contributed by atoms with Gasteiger partial charge in [-0.25, -0.2) is 0 Å². The van der Waals surface area contributed by atoms with Crippen molar-refractivity contribution in [1.82, 2.24) is 0 Å². The van der Waals surface area contributed by atoms with Crippen LogP contribution >= 0.6 is 0 Å². The highest BCUT2D eigenvalue weighted by Crippen LogP contribution is 2.64. The molecule has 3 N–H and O–H groups in total. The molecule has 0 saturated heterocycles. The smallest absolute Gasteiger partial charge is 0.312 e. The predicted octanol–water partition coefficient (Wildman–Crippen LogP) is 39.3. The zero-order valence-corrected chi connectivity index (χ0v) is 81.2. The second-order valence-corrected chi connectivity index (χ2v) is 39.8. The number of rotatable bonds is 26. The van der Waals surface area contributed by atoms with Crippen molar-refractivity contribution in [2.45, 2.75) is 500 Å². The number of aromatic hydroxyl groups is 3. The van der Waals surface area contributed by atoms with Crippen molar-refractivity contribution in [3.05, 3.63) is 196 Å². The lowest BCUT2D eigenvalue weighted by Crippen LogP contribution is -2.58. The summed E-state index contributed by atoms with van der Waals surface area (Å²) in [7, 11) is 0. The van der Waals surface area contributed by atoms with Crippen molar-refractivity contribution in [1.29, 1.82) is 0 Å². The van der Waals surface area contributed by atoms with E-state index in [0.717, 1.165) is 111 Å². The Morgan fingerprint density at radius 2 is 0.606 bits per heavy atom. The van der Waals surface area contributed by atoms with Crippen LogP contribution in [-0.2, 0) is 60.5 Å². The zero-order valence-electron chi connectivity index (χ0n) is 81.2. The summed E-state index contributed by atoms with van der Waals surface area (Å²) in [6.07, 6.45) is 25.5. The van der Waals surface area contributed by atoms with Gasteiger partial charge in [0.15, 0.2) is 0 Å². The molecule has 6 aliphatic rings. The molecular weight excluding hydrogens is 1700 g/mol. The number of carbonyl (C=O) groups is 5. The van der Waals surface area contributed by atoms with Gasteiger partial charge in [0.1, 0.15) is 46.8 Å². The van der Waals surface area contributed by atoms with Crippen LogP contribution in [0.4, 0.5) is 0 Å². The highest BCUT2D eigenvalue weighted by molar-refractivity contribution is 5.78. The van der Waals surface area contributed by atoms with Crippen LogP contribution in [0.1, 0.15) is 519 Å². The minimum atomic E-state index is -0.404. The summed E-state index contributed by atoms with van der Waals surface area (Å²) in [5, 5.41) is 27.0. The Hall–Kier alpha value is -7.93. The molecule has 6 aliphatic carbocycles. The summed E-state index contributed by atoms with van der Waals surface area (Å²) in [5.74, 6) is 5.10. The molecule has 13 nitrogen and oxygen atoms in total. The first-order valence-electron chi connectivity index (χ1n) is 46.8. The lowest BCUT2D eigenvalue weighted by molar-refractivity contribution is -0.206. The van der Waals surface area contributed by atoms with Crippen molar-refractivity contribution in [3.63, 3.8) is 0 Å². The number of benzene rings is 6. The lowest BCUT2D eigenvalue weighted by atomic mass is 9.46. The number of phenolic OH excluding ortho intramolecular Hbond substituents is 3. The van der Waals surface area contributed by atoms with Crippen LogP contribution in [0.15, 0.2) is 146 Å². The van der Waals surface area contributed by atoms with Crippen molar-refractivity contribution in [2.75, 3.05) is 0 Å². The number of ether oxygens (including phenoxy) is 5. The molecule has 0 amide bonds. The maximum Gasteiger partial charge on any atom is 0.312 e. The number of fused-ring (bicyclic) bond motifs is 1. The topological polar surface area (TPSA) is 192 Å². The Morgan fingerprint density at radius 3 is 0.905 bits per heavy atom. The lowest BCUT2D eigenvalue weighted by Gasteiger charge is -2.61. The van der Waals surface area contributed by atoms with Gasteiger partial charge < -0.3 is 39.0 Å². The molecule has 12 rings (SSSR count). The highest BCUT2D eigenvalue weighted by atomic mass is 16.6. The van der Waals surface area contributed by atoms with E-state index in [2.05, 4.69) is 87.4 Å². The van der Waals surface area contributed by atoms with Gasteiger partial charge in [-0.2, -0.15) is 0 Å². The van der Waals surface area contributed by atoms with Gasteiger partial charge in [-0.15, -0.1) is 0 Å². The Bertz CT molecular complexity index is 3910. The fourth-order valence-corrected chi connectivity index (χ4v) is 15.8. The van der Waals surface area contributed by atoms with Crippen molar-refractivity contribution < 1.29 is 63.0 Å². The Morgan fingerprint density at radius 1 is 0.336 bits per heavy atom. The first kappa shape index (κ1) is 154. The predicted molar refractivity (Wildman–Crippen MR) is 604 cm³/mol. The fourth-order valence-electron chi connectivity index (χ4n) is 15.8. The molecule has 4 bridgehead atoms. The molecule has 0 spiro atoms. The molecule has 137 heavy (non-hydrogen) atoms. The summed E-state index contributed by atoms with van der Waals surface area (Å²) >= 11 is 0. The summed E-state index contributed by atoms with van der Waals surface area (Å²) < 4.78 is 28.5. The van der Waals surface area contributed by atoms with E-state index in [4.69, 9.17) is 39.0 Å². The van der Waals surface area contributed by atoms with Crippen molar-refractivity contribution in [2.24, 2.45) is 50.2 Å². The van der Waals surface area contributed by atoms with Crippen LogP contribution < -0.4 is 0 Å². The number of hydrogen-bond donors (Lipinski definition) is 3. The van der Waals surface area contributed by atoms with E-state index in [1.165, 1.54) is 104 Å². The second-order valence-electron chi connectivity index (χ2n) is 39.8. The molecule has 6 atom stereocenters. The maximum absolute atomic E-state index is 12.6. The largest absolute Gasteiger partial charge is 0.508 e. The van der Waals surface area contributed by atoms with Gasteiger partial charge in [-0.1, -0.05) is 309 Å². The molecule has 5 saturated carbocycles. The summed E-state index contributed by atoms with van der Waals surface area (Å²) in [5.41, 5.74) is 9.09. The van der Waals surface area contributed by atoms with Crippen LogP contribution in [0.3, 0.4) is 0 Å². The van der Waals surface area contributed by atoms with Gasteiger partial charge in [0, 0.05) is 5.41 Å². The number of esters is 5. The number of aryl methyl sites for hydroxylation is 3. The first-order chi connectivity index (χ1) is 57.1. The minimum Gasteiger partial charge on any atom is -0.508 e. The normalized spacial score (nSPS) is 16.8. The van der Waals surface area contributed by atoms with Crippen LogP contribution in [0.2, 0.25) is 0 Å². The SMILES string of the molecule is C.C.C.C.C.C.C.C.C.C.C.C.C.C.C.CCC(C)(C)C(=O)OC(C)(C)C12CC3CC(CC(C3)C1)C2.CCC(C)(C)C(=O)OC(C)c1ccc(C)cc1.CCC(C)(C)C(=O)OC(C)c1ccc2c(c1)CCCC2.CCC(C)(C)C(=O)OC(C)c1ccccc1.CCC(C)c1ccc(O)cc1.CCC(C)c1ccc(O)cc1.CCC(C)c1ccc(O)cc1.CCC1(OC(=O)C(C)(C)CC)CCCC1. The molecule has 6 unspecified atom stereocenters. The molecule has 0 aromatic heterocycles. The third-order valence-corrected chi connectivity index (χ3v) is 28.0. The van der Waals surface area contributed by atoms with E-state index in [1.807, 2.05) is 216 Å². The van der Waals surface area contributed by atoms with E-state index in [9.17, 15) is 24.0 Å². The van der Waals surface area contributed by atoms with Gasteiger partial charge in [0.25, 0.3) is 0 Å². The van der Waals surface area contributed by atoms with Crippen molar-refractivity contribution in [3.8, 4) is 17.2 Å². The molecule has 5 fully saturated rings. The highest BCUT2D eigenvalue weighted by Gasteiger charge is 2.59. The van der Waals surface area contributed by atoms with E-state index in [1.54, 1.807) is 36.4 Å². The van der Waals surface area contributed by atoms with Gasteiger partial charge >= 0.3 is 29.8 Å². The molecule has 0 aliphatic heterocycles.